The van der Waals surface area contributed by atoms with E-state index in [0.717, 1.165) is 58.1 Å². The molecule has 1 amide bonds. The number of amides is 1. The molecule has 3 fully saturated rings. The summed E-state index contributed by atoms with van der Waals surface area (Å²) in [4.78, 5) is 28.3. The minimum atomic E-state index is -1.23. The summed E-state index contributed by atoms with van der Waals surface area (Å²) in [6.07, 6.45) is 12.4. The van der Waals surface area contributed by atoms with Crippen molar-refractivity contribution in [1.29, 1.82) is 0 Å². The molecule has 7 nitrogen and oxygen atoms in total. The largest absolute Gasteiger partial charge is 0.379 e. The summed E-state index contributed by atoms with van der Waals surface area (Å²) in [6, 6.07) is 1.83. The summed E-state index contributed by atoms with van der Waals surface area (Å²) in [7, 11) is 0. The molecule has 7 heteroatoms. The molecule has 0 radical (unpaired) electrons. The minimum absolute atomic E-state index is 0.0400. The first-order valence-corrected chi connectivity index (χ1v) is 11.4. The fourth-order valence-electron chi connectivity index (χ4n) is 5.22. The van der Waals surface area contributed by atoms with Crippen molar-refractivity contribution in [1.82, 2.24) is 19.8 Å². The van der Waals surface area contributed by atoms with Gasteiger partial charge in [0.05, 0.1) is 0 Å². The molecule has 1 aromatic rings. The Balaban J connectivity index is 1.34. The summed E-state index contributed by atoms with van der Waals surface area (Å²) in [5.74, 6) is 1.34. The number of carbonyl (C=O) groups is 1. The predicted molar refractivity (Wildman–Crippen MR) is 113 cm³/mol. The molecule has 3 heterocycles. The summed E-state index contributed by atoms with van der Waals surface area (Å²) in [6.45, 7) is 5.51. The molecule has 1 saturated carbocycles. The van der Waals surface area contributed by atoms with Gasteiger partial charge in [0.25, 0.3) is 5.91 Å². The molecule has 160 valence electrons. The molecule has 1 aliphatic carbocycles. The number of likely N-dealkylation sites (tertiary alicyclic amines) is 1. The highest BCUT2D eigenvalue weighted by Crippen LogP contribution is 2.29. The molecule has 0 spiro atoms. The van der Waals surface area contributed by atoms with Crippen LogP contribution in [-0.2, 0) is 4.79 Å². The van der Waals surface area contributed by atoms with Crippen molar-refractivity contribution < 1.29 is 9.90 Å². The van der Waals surface area contributed by atoms with E-state index in [0.29, 0.717) is 18.9 Å². The fraction of sp³-hybridized carbons (Fsp3) is 0.773. The van der Waals surface area contributed by atoms with Gasteiger partial charge >= 0.3 is 0 Å². The molecule has 29 heavy (non-hydrogen) atoms. The van der Waals surface area contributed by atoms with Crippen molar-refractivity contribution >= 4 is 11.9 Å². The molecule has 3 aliphatic rings. The number of hydrogen-bond donors (Lipinski definition) is 1. The Morgan fingerprint density at radius 1 is 0.966 bits per heavy atom. The van der Waals surface area contributed by atoms with Gasteiger partial charge in [-0.15, -0.1) is 0 Å². The van der Waals surface area contributed by atoms with Crippen LogP contribution in [0.4, 0.5) is 5.95 Å². The lowest BCUT2D eigenvalue weighted by Gasteiger charge is -2.42. The van der Waals surface area contributed by atoms with E-state index in [9.17, 15) is 9.90 Å². The van der Waals surface area contributed by atoms with Crippen LogP contribution in [0.3, 0.4) is 0 Å². The van der Waals surface area contributed by atoms with Gasteiger partial charge in [-0.2, -0.15) is 0 Å². The Morgan fingerprint density at radius 2 is 1.76 bits per heavy atom. The number of carbonyl (C=O) groups excluding carboxylic acids is 1. The van der Waals surface area contributed by atoms with Crippen LogP contribution in [0.2, 0.25) is 0 Å². The summed E-state index contributed by atoms with van der Waals surface area (Å²) in [5.41, 5.74) is -1.23. The first-order chi connectivity index (χ1) is 14.1. The number of β-amino-alcohol motifs (C(OH)–C–C–N with tert-alkyl or cyclic N) is 1. The Morgan fingerprint density at radius 3 is 2.55 bits per heavy atom. The minimum Gasteiger partial charge on any atom is -0.379 e. The average Bonchev–Trinajstić information content (AvgIpc) is 2.98. The van der Waals surface area contributed by atoms with Crippen LogP contribution in [0.15, 0.2) is 18.5 Å². The lowest BCUT2D eigenvalue weighted by Crippen LogP contribution is -2.59. The van der Waals surface area contributed by atoms with Crippen molar-refractivity contribution in [3.8, 4) is 0 Å². The van der Waals surface area contributed by atoms with Gasteiger partial charge < -0.3 is 14.9 Å². The molecule has 1 N–H and O–H groups in total. The summed E-state index contributed by atoms with van der Waals surface area (Å²) in [5, 5.41) is 11.3. The molecular weight excluding hydrogens is 366 g/mol. The van der Waals surface area contributed by atoms with Crippen LogP contribution in [0.5, 0.6) is 0 Å². The Kier molecular flexibility index (Phi) is 6.65. The average molecular weight is 402 g/mol. The number of aliphatic hydroxyl groups is 1. The van der Waals surface area contributed by atoms with E-state index in [4.69, 9.17) is 0 Å². The highest BCUT2D eigenvalue weighted by molar-refractivity contribution is 5.86. The van der Waals surface area contributed by atoms with Crippen LogP contribution in [0, 0.1) is 5.92 Å². The van der Waals surface area contributed by atoms with E-state index in [2.05, 4.69) is 19.8 Å². The molecule has 0 aromatic carbocycles. The molecule has 2 saturated heterocycles. The Labute approximate surface area is 174 Å². The number of anilines is 1. The highest BCUT2D eigenvalue weighted by Gasteiger charge is 2.43. The van der Waals surface area contributed by atoms with E-state index in [-0.39, 0.29) is 5.91 Å². The van der Waals surface area contributed by atoms with E-state index < -0.39 is 5.60 Å². The van der Waals surface area contributed by atoms with Gasteiger partial charge in [-0.1, -0.05) is 19.3 Å². The first kappa shape index (κ1) is 20.5. The van der Waals surface area contributed by atoms with Gasteiger partial charge in [0.2, 0.25) is 5.95 Å². The van der Waals surface area contributed by atoms with Crippen molar-refractivity contribution in [3.05, 3.63) is 18.5 Å². The van der Waals surface area contributed by atoms with Crippen LogP contribution < -0.4 is 4.90 Å². The third kappa shape index (κ3) is 5.07. The van der Waals surface area contributed by atoms with Gasteiger partial charge in [-0.3, -0.25) is 9.69 Å². The first-order valence-electron chi connectivity index (χ1n) is 11.4. The van der Waals surface area contributed by atoms with Crippen LogP contribution in [-0.4, -0.2) is 82.2 Å². The predicted octanol–water partition coefficient (Wildman–Crippen LogP) is 1.92. The van der Waals surface area contributed by atoms with Gasteiger partial charge in [-0.05, 0) is 44.1 Å². The molecule has 4 rings (SSSR count). The zero-order valence-electron chi connectivity index (χ0n) is 17.5. The second kappa shape index (κ2) is 9.39. The van der Waals surface area contributed by atoms with Crippen molar-refractivity contribution in [2.45, 2.75) is 57.0 Å². The summed E-state index contributed by atoms with van der Waals surface area (Å²) < 4.78 is 0. The van der Waals surface area contributed by atoms with Gasteiger partial charge in [0.1, 0.15) is 0 Å². The molecule has 1 aromatic heterocycles. The number of rotatable bonds is 5. The third-order valence-electron chi connectivity index (χ3n) is 6.82. The maximum atomic E-state index is 13.2. The molecule has 0 unspecified atom stereocenters. The lowest BCUT2D eigenvalue weighted by atomic mass is 9.86. The SMILES string of the molecule is O=C1N(CC2CCCCC2)CCC[C@@]1(O)CN1CCCN(c2ncccn2)CC1. The monoisotopic (exact) mass is 401 g/mol. The van der Waals surface area contributed by atoms with Gasteiger partial charge in [0, 0.05) is 58.2 Å². The summed E-state index contributed by atoms with van der Waals surface area (Å²) >= 11 is 0. The molecule has 0 bridgehead atoms. The number of piperidine rings is 1. The van der Waals surface area contributed by atoms with Crippen molar-refractivity contribution in [2.24, 2.45) is 5.92 Å². The lowest BCUT2D eigenvalue weighted by molar-refractivity contribution is -0.160. The van der Waals surface area contributed by atoms with Crippen LogP contribution in [0.1, 0.15) is 51.4 Å². The van der Waals surface area contributed by atoms with Crippen LogP contribution >= 0.6 is 0 Å². The van der Waals surface area contributed by atoms with Crippen LogP contribution in [0.25, 0.3) is 0 Å². The quantitative estimate of drug-likeness (QED) is 0.813. The van der Waals surface area contributed by atoms with E-state index >= 15 is 0 Å². The third-order valence-corrected chi connectivity index (χ3v) is 6.82. The van der Waals surface area contributed by atoms with Gasteiger partial charge in [0.15, 0.2) is 5.60 Å². The Bertz CT molecular complexity index is 666. The smallest absolute Gasteiger partial charge is 0.255 e. The van der Waals surface area contributed by atoms with Crippen molar-refractivity contribution in [3.63, 3.8) is 0 Å². The topological polar surface area (TPSA) is 72.8 Å². The maximum absolute atomic E-state index is 13.2. The number of aromatic nitrogens is 2. The number of hydrogen-bond acceptors (Lipinski definition) is 6. The zero-order chi connectivity index (χ0) is 20.1. The standard InChI is InChI=1S/C22H35N5O2/c28-20-22(29,9-4-13-27(20)17-19-7-2-1-3-8-19)18-25-12-6-14-26(16-15-25)21-23-10-5-11-24-21/h5,10-11,19,29H,1-4,6-9,12-18H2/t22-/m1/s1. The molecule has 1 atom stereocenters. The maximum Gasteiger partial charge on any atom is 0.255 e. The van der Waals surface area contributed by atoms with Crippen molar-refractivity contribution in [2.75, 3.05) is 50.7 Å². The second-order valence-electron chi connectivity index (χ2n) is 9.06. The number of nitrogens with zero attached hydrogens (tertiary/aromatic N) is 5. The Hall–Kier alpha value is -1.73. The molecular formula is C22H35N5O2. The zero-order valence-corrected chi connectivity index (χ0v) is 17.5. The fourth-order valence-corrected chi connectivity index (χ4v) is 5.22. The normalized spacial score (nSPS) is 27.8. The highest BCUT2D eigenvalue weighted by atomic mass is 16.3. The van der Waals surface area contributed by atoms with E-state index in [1.165, 1.54) is 32.1 Å². The van der Waals surface area contributed by atoms with Gasteiger partial charge in [-0.25, -0.2) is 9.97 Å². The second-order valence-corrected chi connectivity index (χ2v) is 9.06. The molecule has 2 aliphatic heterocycles. The van der Waals surface area contributed by atoms with E-state index in [1.807, 2.05) is 11.0 Å². The van der Waals surface area contributed by atoms with E-state index in [1.54, 1.807) is 12.4 Å².